The second kappa shape index (κ2) is 6.33. The summed E-state index contributed by atoms with van der Waals surface area (Å²) < 4.78 is 2.02. The van der Waals surface area contributed by atoms with Crippen molar-refractivity contribution < 1.29 is 4.92 Å². The van der Waals surface area contributed by atoms with Crippen LogP contribution in [0.3, 0.4) is 0 Å². The van der Waals surface area contributed by atoms with Crippen LogP contribution < -0.4 is 4.90 Å². The predicted octanol–water partition coefficient (Wildman–Crippen LogP) is 3.67. The maximum Gasteiger partial charge on any atom is 0.271 e. The van der Waals surface area contributed by atoms with Crippen LogP contribution in [0.1, 0.15) is 24.6 Å². The Morgan fingerprint density at radius 1 is 1.24 bits per heavy atom. The molecule has 128 valence electrons. The van der Waals surface area contributed by atoms with Gasteiger partial charge in [0, 0.05) is 37.3 Å². The summed E-state index contributed by atoms with van der Waals surface area (Å²) in [6.45, 7) is 1.62. The normalized spacial score (nSPS) is 17.8. The molecule has 0 N–H and O–H groups in total. The number of nitrogens with zero attached hydrogens (tertiary/aromatic N) is 5. The van der Waals surface area contributed by atoms with Gasteiger partial charge in [-0.2, -0.15) is 0 Å². The largest absolute Gasteiger partial charge is 0.370 e. The molecule has 0 amide bonds. The van der Waals surface area contributed by atoms with Crippen LogP contribution in [0.25, 0.3) is 5.65 Å². The Bertz CT molecular complexity index is 942. The van der Waals surface area contributed by atoms with Crippen molar-refractivity contribution in [2.45, 2.75) is 18.8 Å². The van der Waals surface area contributed by atoms with Crippen LogP contribution in [-0.2, 0) is 0 Å². The smallest absolute Gasteiger partial charge is 0.271 e. The van der Waals surface area contributed by atoms with Gasteiger partial charge in [0.2, 0.25) is 0 Å². The molecular weight excluding hydrogens is 342 g/mol. The van der Waals surface area contributed by atoms with E-state index in [0.717, 1.165) is 43.1 Å². The number of benzene rings is 1. The van der Waals surface area contributed by atoms with E-state index in [-0.39, 0.29) is 11.6 Å². The molecule has 0 aliphatic carbocycles. The lowest BCUT2D eigenvalue weighted by Gasteiger charge is -2.34. The number of anilines is 1. The third kappa shape index (κ3) is 2.91. The Balaban J connectivity index is 1.62. The van der Waals surface area contributed by atoms with Crippen molar-refractivity contribution >= 4 is 28.6 Å². The molecule has 0 unspecified atom stereocenters. The Morgan fingerprint density at radius 2 is 2.12 bits per heavy atom. The zero-order valence-electron chi connectivity index (χ0n) is 13.4. The zero-order valence-corrected chi connectivity index (χ0v) is 14.1. The summed E-state index contributed by atoms with van der Waals surface area (Å²) in [4.78, 5) is 12.6. The molecule has 1 fully saturated rings. The van der Waals surface area contributed by atoms with Gasteiger partial charge in [0.05, 0.1) is 15.6 Å². The van der Waals surface area contributed by atoms with Crippen LogP contribution in [-0.4, -0.2) is 32.6 Å². The maximum atomic E-state index is 10.9. The number of pyridine rings is 1. The van der Waals surface area contributed by atoms with Crippen molar-refractivity contribution in [3.05, 3.63) is 63.6 Å². The predicted molar refractivity (Wildman–Crippen MR) is 95.3 cm³/mol. The summed E-state index contributed by atoms with van der Waals surface area (Å²) in [5.74, 6) is 1.18. The van der Waals surface area contributed by atoms with E-state index in [9.17, 15) is 10.1 Å². The van der Waals surface area contributed by atoms with Gasteiger partial charge in [0.1, 0.15) is 5.82 Å². The van der Waals surface area contributed by atoms with Gasteiger partial charge < -0.3 is 4.90 Å². The number of rotatable bonds is 3. The summed E-state index contributed by atoms with van der Waals surface area (Å²) in [5, 5.41) is 19.9. The van der Waals surface area contributed by atoms with Crippen LogP contribution in [0, 0.1) is 10.1 Å². The van der Waals surface area contributed by atoms with Crippen molar-refractivity contribution in [1.82, 2.24) is 14.6 Å². The Morgan fingerprint density at radius 3 is 2.92 bits per heavy atom. The van der Waals surface area contributed by atoms with Gasteiger partial charge in [-0.1, -0.05) is 17.7 Å². The highest BCUT2D eigenvalue weighted by Crippen LogP contribution is 2.34. The van der Waals surface area contributed by atoms with E-state index >= 15 is 0 Å². The molecule has 3 heterocycles. The van der Waals surface area contributed by atoms with E-state index in [2.05, 4.69) is 15.1 Å². The Hall–Kier alpha value is -2.67. The number of hydrogen-bond donors (Lipinski definition) is 0. The Labute approximate surface area is 149 Å². The van der Waals surface area contributed by atoms with Gasteiger partial charge in [-0.25, -0.2) is 0 Å². The van der Waals surface area contributed by atoms with E-state index in [1.54, 1.807) is 6.07 Å². The van der Waals surface area contributed by atoms with Crippen molar-refractivity contribution in [1.29, 1.82) is 0 Å². The molecule has 1 aliphatic heterocycles. The van der Waals surface area contributed by atoms with Gasteiger partial charge in [-0.05, 0) is 31.0 Å². The molecule has 1 atom stereocenters. The van der Waals surface area contributed by atoms with Crippen LogP contribution in [0.15, 0.2) is 42.6 Å². The summed E-state index contributed by atoms with van der Waals surface area (Å²) in [6.07, 6.45) is 4.00. The van der Waals surface area contributed by atoms with Crippen LogP contribution in [0.4, 0.5) is 11.4 Å². The van der Waals surface area contributed by atoms with Crippen molar-refractivity contribution in [3.8, 4) is 0 Å². The Kier molecular flexibility index (Phi) is 4.01. The molecule has 4 rings (SSSR count). The number of piperidine rings is 1. The quantitative estimate of drug-likeness (QED) is 0.528. The van der Waals surface area contributed by atoms with E-state index in [1.165, 1.54) is 12.1 Å². The van der Waals surface area contributed by atoms with E-state index < -0.39 is 4.92 Å². The molecule has 0 spiro atoms. The standard InChI is InChI=1S/C17H16ClN5O2/c18-14-10-13(23(24)25)6-7-15(14)21-8-3-4-12(11-21)17-20-19-16-5-1-2-9-22(16)17/h1-2,5-7,9-10,12H,3-4,8,11H2/t12-/m1/s1. The molecule has 25 heavy (non-hydrogen) atoms. The monoisotopic (exact) mass is 357 g/mol. The summed E-state index contributed by atoms with van der Waals surface area (Å²) in [7, 11) is 0. The second-order valence-corrected chi connectivity index (χ2v) is 6.57. The first kappa shape index (κ1) is 15.8. The van der Waals surface area contributed by atoms with E-state index in [1.807, 2.05) is 28.8 Å². The minimum atomic E-state index is -0.434. The van der Waals surface area contributed by atoms with Gasteiger partial charge in [-0.3, -0.25) is 14.5 Å². The molecule has 0 saturated carbocycles. The second-order valence-electron chi connectivity index (χ2n) is 6.17. The third-order valence-electron chi connectivity index (χ3n) is 4.61. The van der Waals surface area contributed by atoms with Gasteiger partial charge >= 0.3 is 0 Å². The summed E-state index contributed by atoms with van der Waals surface area (Å²) in [6, 6.07) is 10.5. The first-order valence-electron chi connectivity index (χ1n) is 8.12. The average Bonchev–Trinajstić information content (AvgIpc) is 3.06. The topological polar surface area (TPSA) is 76.6 Å². The van der Waals surface area contributed by atoms with E-state index in [0.29, 0.717) is 5.02 Å². The van der Waals surface area contributed by atoms with Crippen molar-refractivity contribution in [2.75, 3.05) is 18.0 Å². The van der Waals surface area contributed by atoms with E-state index in [4.69, 9.17) is 11.6 Å². The van der Waals surface area contributed by atoms with Crippen LogP contribution >= 0.6 is 11.6 Å². The molecular formula is C17H16ClN5O2. The minimum absolute atomic E-state index is 0.00533. The SMILES string of the molecule is O=[N+]([O-])c1ccc(N2CCC[C@@H](c3nnc4ccccn34)C2)c(Cl)c1. The number of non-ortho nitro benzene ring substituents is 1. The lowest BCUT2D eigenvalue weighted by molar-refractivity contribution is -0.384. The fourth-order valence-corrected chi connectivity index (χ4v) is 3.71. The molecule has 0 radical (unpaired) electrons. The fourth-order valence-electron chi connectivity index (χ4n) is 3.41. The number of nitro groups is 1. The number of fused-ring (bicyclic) bond motifs is 1. The first-order chi connectivity index (χ1) is 12.1. The lowest BCUT2D eigenvalue weighted by atomic mass is 9.96. The highest BCUT2D eigenvalue weighted by atomic mass is 35.5. The average molecular weight is 358 g/mol. The van der Waals surface area contributed by atoms with Crippen molar-refractivity contribution in [2.24, 2.45) is 0 Å². The summed E-state index contributed by atoms with van der Waals surface area (Å²) >= 11 is 6.30. The number of aromatic nitrogens is 3. The number of nitro benzene ring substituents is 1. The highest BCUT2D eigenvalue weighted by Gasteiger charge is 2.26. The third-order valence-corrected chi connectivity index (χ3v) is 4.91. The lowest BCUT2D eigenvalue weighted by Crippen LogP contribution is -2.35. The molecule has 2 aromatic heterocycles. The minimum Gasteiger partial charge on any atom is -0.370 e. The number of halogens is 1. The first-order valence-corrected chi connectivity index (χ1v) is 8.50. The summed E-state index contributed by atoms with van der Waals surface area (Å²) in [5.41, 5.74) is 1.67. The molecule has 1 saturated heterocycles. The van der Waals surface area contributed by atoms with Gasteiger partial charge in [-0.15, -0.1) is 10.2 Å². The van der Waals surface area contributed by atoms with Crippen LogP contribution in [0.5, 0.6) is 0 Å². The van der Waals surface area contributed by atoms with Crippen molar-refractivity contribution in [3.63, 3.8) is 0 Å². The molecule has 3 aromatic rings. The molecule has 1 aromatic carbocycles. The zero-order chi connectivity index (χ0) is 17.4. The van der Waals surface area contributed by atoms with Crippen LogP contribution in [0.2, 0.25) is 5.02 Å². The highest BCUT2D eigenvalue weighted by molar-refractivity contribution is 6.33. The maximum absolute atomic E-state index is 10.9. The fraction of sp³-hybridized carbons (Fsp3) is 0.294. The number of hydrogen-bond acceptors (Lipinski definition) is 5. The molecule has 7 nitrogen and oxygen atoms in total. The molecule has 0 bridgehead atoms. The van der Waals surface area contributed by atoms with Gasteiger partial charge in [0.25, 0.3) is 5.69 Å². The van der Waals surface area contributed by atoms with Gasteiger partial charge in [0.15, 0.2) is 5.65 Å². The molecule has 8 heteroatoms. The molecule has 1 aliphatic rings.